The summed E-state index contributed by atoms with van der Waals surface area (Å²) in [6.07, 6.45) is -0.117. The Kier molecular flexibility index (Phi) is 7.75. The number of benzene rings is 1. The van der Waals surface area contributed by atoms with E-state index in [9.17, 15) is 10.2 Å². The Labute approximate surface area is 114 Å². The Morgan fingerprint density at radius 3 is 2.39 bits per heavy atom. The third kappa shape index (κ3) is 5.12. The SMILES string of the molecule is CCOC(CNC(C)C)c1ccc(O)c(O)c1.Cl. The zero-order valence-electron chi connectivity index (χ0n) is 11.0. The topological polar surface area (TPSA) is 61.7 Å². The highest BCUT2D eigenvalue weighted by Crippen LogP contribution is 2.28. The van der Waals surface area contributed by atoms with Crippen molar-refractivity contribution in [3.63, 3.8) is 0 Å². The molecule has 1 unspecified atom stereocenters. The van der Waals surface area contributed by atoms with E-state index in [-0.39, 0.29) is 30.0 Å². The van der Waals surface area contributed by atoms with E-state index >= 15 is 0 Å². The predicted octanol–water partition coefficient (Wildman–Crippen LogP) is 2.60. The van der Waals surface area contributed by atoms with Crippen LogP contribution in [0, 0.1) is 0 Å². The molecule has 0 aliphatic rings. The normalized spacial score (nSPS) is 12.2. The van der Waals surface area contributed by atoms with Gasteiger partial charge in [0.1, 0.15) is 0 Å². The summed E-state index contributed by atoms with van der Waals surface area (Å²) in [5.41, 5.74) is 0.857. The van der Waals surface area contributed by atoms with E-state index in [1.807, 2.05) is 6.92 Å². The summed E-state index contributed by atoms with van der Waals surface area (Å²) in [6, 6.07) is 5.16. The molecule has 1 atom stereocenters. The molecule has 104 valence electrons. The lowest BCUT2D eigenvalue weighted by Gasteiger charge is -2.20. The van der Waals surface area contributed by atoms with Crippen molar-refractivity contribution in [1.82, 2.24) is 5.32 Å². The van der Waals surface area contributed by atoms with Gasteiger partial charge in [0.25, 0.3) is 0 Å². The van der Waals surface area contributed by atoms with E-state index in [1.165, 1.54) is 12.1 Å². The number of nitrogens with one attached hydrogen (secondary N) is 1. The lowest BCUT2D eigenvalue weighted by atomic mass is 10.1. The van der Waals surface area contributed by atoms with Crippen LogP contribution in [0.25, 0.3) is 0 Å². The molecule has 0 saturated heterocycles. The van der Waals surface area contributed by atoms with Crippen LogP contribution in [0.2, 0.25) is 0 Å². The second-order valence-electron chi connectivity index (χ2n) is 4.26. The minimum atomic E-state index is -0.117. The first-order valence-electron chi connectivity index (χ1n) is 5.91. The van der Waals surface area contributed by atoms with Gasteiger partial charge in [-0.15, -0.1) is 12.4 Å². The molecule has 0 radical (unpaired) electrons. The Balaban J connectivity index is 0.00000289. The lowest BCUT2D eigenvalue weighted by molar-refractivity contribution is 0.0608. The van der Waals surface area contributed by atoms with Crippen molar-refractivity contribution in [2.24, 2.45) is 0 Å². The molecule has 0 aliphatic carbocycles. The quantitative estimate of drug-likeness (QED) is 0.699. The van der Waals surface area contributed by atoms with Crippen molar-refractivity contribution in [2.45, 2.75) is 32.9 Å². The molecule has 0 bridgehead atoms. The van der Waals surface area contributed by atoms with E-state index in [0.717, 1.165) is 5.56 Å². The maximum Gasteiger partial charge on any atom is 0.157 e. The van der Waals surface area contributed by atoms with Crippen LogP contribution in [0.1, 0.15) is 32.4 Å². The van der Waals surface area contributed by atoms with Crippen LogP contribution < -0.4 is 5.32 Å². The fourth-order valence-corrected chi connectivity index (χ4v) is 1.56. The number of ether oxygens (including phenoxy) is 1. The number of hydrogen-bond donors (Lipinski definition) is 3. The van der Waals surface area contributed by atoms with Gasteiger partial charge >= 0.3 is 0 Å². The Morgan fingerprint density at radius 2 is 1.89 bits per heavy atom. The summed E-state index contributed by atoms with van der Waals surface area (Å²) in [7, 11) is 0. The molecule has 0 amide bonds. The van der Waals surface area contributed by atoms with Gasteiger partial charge in [-0.05, 0) is 24.6 Å². The molecule has 1 aromatic carbocycles. The zero-order chi connectivity index (χ0) is 12.8. The highest BCUT2D eigenvalue weighted by Gasteiger charge is 2.13. The van der Waals surface area contributed by atoms with Gasteiger partial charge in [-0.25, -0.2) is 0 Å². The summed E-state index contributed by atoms with van der Waals surface area (Å²) in [6.45, 7) is 7.35. The number of rotatable bonds is 6. The van der Waals surface area contributed by atoms with Gasteiger partial charge in [-0.1, -0.05) is 19.9 Å². The Morgan fingerprint density at radius 1 is 1.22 bits per heavy atom. The van der Waals surface area contributed by atoms with Crippen molar-refractivity contribution in [3.8, 4) is 11.5 Å². The molecular weight excluding hydrogens is 254 g/mol. The average molecular weight is 276 g/mol. The van der Waals surface area contributed by atoms with Crippen LogP contribution in [0.15, 0.2) is 18.2 Å². The lowest BCUT2D eigenvalue weighted by Crippen LogP contribution is -2.29. The number of aromatic hydroxyl groups is 2. The molecule has 1 rings (SSSR count). The van der Waals surface area contributed by atoms with E-state index in [1.54, 1.807) is 6.07 Å². The summed E-state index contributed by atoms with van der Waals surface area (Å²) >= 11 is 0. The smallest absolute Gasteiger partial charge is 0.157 e. The van der Waals surface area contributed by atoms with Crippen LogP contribution in [0.3, 0.4) is 0 Å². The van der Waals surface area contributed by atoms with Gasteiger partial charge in [0.05, 0.1) is 6.10 Å². The van der Waals surface area contributed by atoms with Crippen LogP contribution >= 0.6 is 12.4 Å². The molecule has 0 aliphatic heterocycles. The fourth-order valence-electron chi connectivity index (χ4n) is 1.56. The maximum absolute atomic E-state index is 9.47. The van der Waals surface area contributed by atoms with Gasteiger partial charge in [0.15, 0.2) is 11.5 Å². The second kappa shape index (κ2) is 8.19. The van der Waals surface area contributed by atoms with Crippen LogP contribution in [-0.4, -0.2) is 29.4 Å². The van der Waals surface area contributed by atoms with Crippen molar-refractivity contribution in [2.75, 3.05) is 13.2 Å². The molecule has 0 fully saturated rings. The monoisotopic (exact) mass is 275 g/mol. The summed E-state index contributed by atoms with van der Waals surface area (Å²) in [4.78, 5) is 0. The first kappa shape index (κ1) is 17.0. The van der Waals surface area contributed by atoms with Gasteiger partial charge < -0.3 is 20.3 Å². The van der Waals surface area contributed by atoms with Gasteiger partial charge in [0, 0.05) is 19.2 Å². The van der Waals surface area contributed by atoms with Crippen LogP contribution in [0.4, 0.5) is 0 Å². The minimum absolute atomic E-state index is 0. The Bertz CT molecular complexity index is 358. The standard InChI is InChI=1S/C13H21NO3.ClH/c1-4-17-13(8-14-9(2)3)10-5-6-11(15)12(16)7-10;/h5-7,9,13-16H,4,8H2,1-3H3;1H. The number of phenolic OH excluding ortho intramolecular Hbond substituents is 2. The number of halogens is 1. The van der Waals surface area contributed by atoms with E-state index < -0.39 is 0 Å². The molecule has 5 heteroatoms. The van der Waals surface area contributed by atoms with Crippen LogP contribution in [0.5, 0.6) is 11.5 Å². The van der Waals surface area contributed by atoms with Crippen molar-refractivity contribution in [1.29, 1.82) is 0 Å². The fraction of sp³-hybridized carbons (Fsp3) is 0.538. The van der Waals surface area contributed by atoms with Crippen molar-refractivity contribution >= 4 is 12.4 Å². The molecule has 1 aromatic rings. The van der Waals surface area contributed by atoms with E-state index in [4.69, 9.17) is 4.74 Å². The zero-order valence-corrected chi connectivity index (χ0v) is 11.8. The highest BCUT2D eigenvalue weighted by atomic mass is 35.5. The average Bonchev–Trinajstić information content (AvgIpc) is 2.28. The number of hydrogen-bond acceptors (Lipinski definition) is 4. The summed E-state index contributed by atoms with van der Waals surface area (Å²) in [5, 5.41) is 22.0. The van der Waals surface area contributed by atoms with Gasteiger partial charge in [-0.2, -0.15) is 0 Å². The third-order valence-corrected chi connectivity index (χ3v) is 2.45. The van der Waals surface area contributed by atoms with Crippen molar-refractivity contribution < 1.29 is 14.9 Å². The number of phenols is 2. The second-order valence-corrected chi connectivity index (χ2v) is 4.26. The third-order valence-electron chi connectivity index (χ3n) is 2.45. The van der Waals surface area contributed by atoms with Crippen molar-refractivity contribution in [3.05, 3.63) is 23.8 Å². The van der Waals surface area contributed by atoms with E-state index in [2.05, 4.69) is 19.2 Å². The molecule has 18 heavy (non-hydrogen) atoms. The van der Waals surface area contributed by atoms with Crippen LogP contribution in [-0.2, 0) is 4.74 Å². The first-order chi connectivity index (χ1) is 8.04. The molecule has 0 heterocycles. The maximum atomic E-state index is 9.47. The molecule has 0 aromatic heterocycles. The molecule has 0 spiro atoms. The largest absolute Gasteiger partial charge is 0.504 e. The van der Waals surface area contributed by atoms with Gasteiger partial charge in [0.2, 0.25) is 0 Å². The molecule has 4 nitrogen and oxygen atoms in total. The minimum Gasteiger partial charge on any atom is -0.504 e. The van der Waals surface area contributed by atoms with E-state index in [0.29, 0.717) is 19.2 Å². The van der Waals surface area contributed by atoms with Gasteiger partial charge in [-0.3, -0.25) is 0 Å². The molecule has 3 N–H and O–H groups in total. The Hall–Kier alpha value is -0.970. The molecule has 0 saturated carbocycles. The first-order valence-corrected chi connectivity index (χ1v) is 5.91. The summed E-state index contributed by atoms with van der Waals surface area (Å²) in [5.74, 6) is -0.224. The molecular formula is C13H22ClNO3. The highest BCUT2D eigenvalue weighted by molar-refractivity contribution is 5.85. The predicted molar refractivity (Wildman–Crippen MR) is 74.5 cm³/mol. The summed E-state index contributed by atoms with van der Waals surface area (Å²) < 4.78 is 5.62.